The number of benzene rings is 1. The summed E-state index contributed by atoms with van der Waals surface area (Å²) in [4.78, 5) is 23.8. The average molecular weight is 357 g/mol. The van der Waals surface area contributed by atoms with E-state index in [9.17, 15) is 9.59 Å². The molecule has 1 amide bonds. The largest absolute Gasteiger partial charge is 0.467 e. The van der Waals surface area contributed by atoms with E-state index in [1.54, 1.807) is 12.1 Å². The molecular weight excluding hydrogens is 336 g/mol. The summed E-state index contributed by atoms with van der Waals surface area (Å²) in [5.74, 6) is -0.409. The van der Waals surface area contributed by atoms with Crippen LogP contribution in [-0.2, 0) is 20.7 Å². The van der Waals surface area contributed by atoms with Crippen molar-refractivity contribution in [1.29, 1.82) is 0 Å². The van der Waals surface area contributed by atoms with Gasteiger partial charge in [-0.15, -0.1) is 0 Å². The van der Waals surface area contributed by atoms with Gasteiger partial charge in [0.15, 0.2) is 0 Å². The van der Waals surface area contributed by atoms with E-state index in [1.165, 1.54) is 7.11 Å². The highest BCUT2D eigenvalue weighted by molar-refractivity contribution is 9.10. The van der Waals surface area contributed by atoms with Crippen molar-refractivity contribution in [3.63, 3.8) is 0 Å². The van der Waals surface area contributed by atoms with Gasteiger partial charge in [-0.3, -0.25) is 4.79 Å². The highest BCUT2D eigenvalue weighted by Gasteiger charge is 2.22. The summed E-state index contributed by atoms with van der Waals surface area (Å²) in [6.45, 7) is 3.96. The zero-order valence-electron chi connectivity index (χ0n) is 12.5. The molecule has 5 nitrogen and oxygen atoms in total. The number of anilines is 1. The Balaban J connectivity index is 2.71. The Morgan fingerprint density at radius 2 is 2.05 bits per heavy atom. The lowest BCUT2D eigenvalue weighted by Gasteiger charge is -2.18. The van der Waals surface area contributed by atoms with Gasteiger partial charge in [0, 0.05) is 10.2 Å². The molecule has 0 aliphatic heterocycles. The van der Waals surface area contributed by atoms with E-state index < -0.39 is 12.0 Å². The van der Waals surface area contributed by atoms with Crippen molar-refractivity contribution in [2.75, 3.05) is 12.8 Å². The third kappa shape index (κ3) is 5.75. The van der Waals surface area contributed by atoms with Crippen LogP contribution in [0.3, 0.4) is 0 Å². The molecule has 0 bridgehead atoms. The molecule has 0 spiro atoms. The zero-order valence-corrected chi connectivity index (χ0v) is 14.1. The third-order valence-electron chi connectivity index (χ3n) is 2.99. The van der Waals surface area contributed by atoms with Gasteiger partial charge in [0.1, 0.15) is 6.04 Å². The first-order valence-corrected chi connectivity index (χ1v) is 7.53. The number of carbonyl (C=O) groups excluding carboxylic acids is 2. The molecule has 1 aromatic carbocycles. The van der Waals surface area contributed by atoms with Gasteiger partial charge in [0.25, 0.3) is 0 Å². The molecule has 0 aliphatic rings. The Morgan fingerprint density at radius 3 is 2.57 bits per heavy atom. The van der Waals surface area contributed by atoms with Crippen molar-refractivity contribution in [3.05, 3.63) is 28.2 Å². The number of ether oxygens (including phenoxy) is 1. The highest BCUT2D eigenvalue weighted by Crippen LogP contribution is 2.19. The van der Waals surface area contributed by atoms with Crippen LogP contribution in [-0.4, -0.2) is 25.0 Å². The normalized spacial score (nSPS) is 12.0. The van der Waals surface area contributed by atoms with Gasteiger partial charge >= 0.3 is 5.97 Å². The lowest BCUT2D eigenvalue weighted by molar-refractivity contribution is -0.145. The second-order valence-electron chi connectivity index (χ2n) is 5.29. The van der Waals surface area contributed by atoms with Crippen molar-refractivity contribution < 1.29 is 14.3 Å². The Hall–Kier alpha value is -1.56. The number of rotatable bonds is 6. The van der Waals surface area contributed by atoms with Crippen LogP contribution < -0.4 is 11.1 Å². The van der Waals surface area contributed by atoms with Gasteiger partial charge in [-0.25, -0.2) is 4.79 Å². The predicted octanol–water partition coefficient (Wildman–Crippen LogP) is 2.28. The number of halogens is 1. The quantitative estimate of drug-likeness (QED) is 0.605. The predicted molar refractivity (Wildman–Crippen MR) is 85.7 cm³/mol. The Morgan fingerprint density at radius 1 is 1.38 bits per heavy atom. The fourth-order valence-electron chi connectivity index (χ4n) is 1.97. The lowest BCUT2D eigenvalue weighted by Crippen LogP contribution is -2.43. The van der Waals surface area contributed by atoms with Crippen LogP contribution in [0.15, 0.2) is 22.7 Å². The molecule has 0 saturated carbocycles. The molecule has 0 heterocycles. The maximum absolute atomic E-state index is 12.1. The van der Waals surface area contributed by atoms with Gasteiger partial charge in [0.05, 0.1) is 13.5 Å². The van der Waals surface area contributed by atoms with Crippen LogP contribution in [0.5, 0.6) is 0 Å². The minimum absolute atomic E-state index is 0.130. The van der Waals surface area contributed by atoms with E-state index in [0.29, 0.717) is 12.1 Å². The molecule has 1 atom stereocenters. The van der Waals surface area contributed by atoms with Crippen LogP contribution in [0.4, 0.5) is 5.69 Å². The van der Waals surface area contributed by atoms with Crippen molar-refractivity contribution in [3.8, 4) is 0 Å². The van der Waals surface area contributed by atoms with E-state index in [0.717, 1.165) is 10.0 Å². The molecule has 6 heteroatoms. The molecule has 0 fully saturated rings. The first kappa shape index (κ1) is 17.5. The first-order chi connectivity index (χ1) is 9.83. The molecule has 3 N–H and O–H groups in total. The number of nitrogens with two attached hydrogens (primary N) is 1. The minimum Gasteiger partial charge on any atom is -0.467 e. The van der Waals surface area contributed by atoms with Crippen molar-refractivity contribution in [2.24, 2.45) is 5.92 Å². The van der Waals surface area contributed by atoms with Gasteiger partial charge < -0.3 is 15.8 Å². The maximum atomic E-state index is 12.1. The SMILES string of the molecule is COC(=O)[C@H](CC(C)C)NC(=O)Cc1ccc(Br)cc1N. The summed E-state index contributed by atoms with van der Waals surface area (Å²) in [7, 11) is 1.31. The second kappa shape index (κ2) is 8.02. The number of hydrogen-bond donors (Lipinski definition) is 2. The van der Waals surface area contributed by atoms with E-state index >= 15 is 0 Å². The summed E-state index contributed by atoms with van der Waals surface area (Å²) >= 11 is 3.32. The lowest BCUT2D eigenvalue weighted by atomic mass is 10.0. The molecule has 0 saturated heterocycles. The van der Waals surface area contributed by atoms with Gasteiger partial charge in [-0.2, -0.15) is 0 Å². The number of amides is 1. The molecule has 0 aromatic heterocycles. The molecule has 1 aromatic rings. The molecule has 0 unspecified atom stereocenters. The summed E-state index contributed by atoms with van der Waals surface area (Å²) in [5, 5.41) is 2.71. The maximum Gasteiger partial charge on any atom is 0.328 e. The van der Waals surface area contributed by atoms with Crippen LogP contribution in [0.2, 0.25) is 0 Å². The molecule has 21 heavy (non-hydrogen) atoms. The van der Waals surface area contributed by atoms with Crippen LogP contribution in [0, 0.1) is 5.92 Å². The van der Waals surface area contributed by atoms with E-state index in [-0.39, 0.29) is 18.2 Å². The Bertz CT molecular complexity index is 518. The highest BCUT2D eigenvalue weighted by atomic mass is 79.9. The van der Waals surface area contributed by atoms with Gasteiger partial charge in [-0.05, 0) is 30.0 Å². The molecule has 1 rings (SSSR count). The van der Waals surface area contributed by atoms with E-state index in [2.05, 4.69) is 21.2 Å². The third-order valence-corrected chi connectivity index (χ3v) is 3.48. The molecule has 116 valence electrons. The summed E-state index contributed by atoms with van der Waals surface area (Å²) in [6.07, 6.45) is 0.666. The smallest absolute Gasteiger partial charge is 0.328 e. The first-order valence-electron chi connectivity index (χ1n) is 6.74. The van der Waals surface area contributed by atoms with Crippen molar-refractivity contribution in [2.45, 2.75) is 32.7 Å². The molecule has 0 aliphatic carbocycles. The van der Waals surface area contributed by atoms with Crippen molar-refractivity contribution in [1.82, 2.24) is 5.32 Å². The number of nitrogens with one attached hydrogen (secondary N) is 1. The standard InChI is InChI=1S/C15H21BrN2O3/c1-9(2)6-13(15(20)21-3)18-14(19)7-10-4-5-11(16)8-12(10)17/h4-5,8-9,13H,6-7,17H2,1-3H3,(H,18,19)/t13-/m0/s1. The number of nitrogen functional groups attached to an aromatic ring is 1. The number of carbonyl (C=O) groups is 2. The van der Waals surface area contributed by atoms with Crippen LogP contribution >= 0.6 is 15.9 Å². The molecular formula is C15H21BrN2O3. The zero-order chi connectivity index (χ0) is 16.0. The van der Waals surface area contributed by atoms with Crippen molar-refractivity contribution >= 4 is 33.5 Å². The number of esters is 1. The molecule has 0 radical (unpaired) electrons. The summed E-state index contributed by atoms with van der Waals surface area (Å²) < 4.78 is 5.58. The van der Waals surface area contributed by atoms with Crippen LogP contribution in [0.1, 0.15) is 25.8 Å². The van der Waals surface area contributed by atoms with E-state index in [4.69, 9.17) is 10.5 Å². The monoisotopic (exact) mass is 356 g/mol. The number of methoxy groups -OCH3 is 1. The summed E-state index contributed by atoms with van der Waals surface area (Å²) in [6, 6.07) is 4.73. The minimum atomic E-state index is -0.626. The Kier molecular flexibility index (Phi) is 6.68. The van der Waals surface area contributed by atoms with Gasteiger partial charge in [0.2, 0.25) is 5.91 Å². The topological polar surface area (TPSA) is 81.4 Å². The fraction of sp³-hybridized carbons (Fsp3) is 0.467. The fourth-order valence-corrected chi connectivity index (χ4v) is 2.35. The number of hydrogen-bond acceptors (Lipinski definition) is 4. The second-order valence-corrected chi connectivity index (χ2v) is 6.21. The van der Waals surface area contributed by atoms with E-state index in [1.807, 2.05) is 19.9 Å². The van der Waals surface area contributed by atoms with Crippen LogP contribution in [0.25, 0.3) is 0 Å². The Labute approximate surface area is 133 Å². The summed E-state index contributed by atoms with van der Waals surface area (Å²) in [5.41, 5.74) is 7.13. The van der Waals surface area contributed by atoms with Gasteiger partial charge in [-0.1, -0.05) is 35.8 Å². The average Bonchev–Trinajstić information content (AvgIpc) is 2.39.